The molecule has 0 bridgehead atoms. The Hall–Kier alpha value is -2.54. The van der Waals surface area contributed by atoms with Gasteiger partial charge in [-0.15, -0.1) is 0 Å². The van der Waals surface area contributed by atoms with Crippen molar-refractivity contribution >= 4 is 27.5 Å². The lowest BCUT2D eigenvalue weighted by Crippen LogP contribution is -2.16. The molecule has 0 aliphatic carbocycles. The topological polar surface area (TPSA) is 60.7 Å². The van der Waals surface area contributed by atoms with Crippen LogP contribution in [0.1, 0.15) is 16.1 Å². The molecule has 0 radical (unpaired) electrons. The Balaban J connectivity index is 1.79. The van der Waals surface area contributed by atoms with Crippen LogP contribution in [0.4, 0.5) is 4.39 Å². The number of rotatable bonds is 3. The van der Waals surface area contributed by atoms with E-state index in [0.717, 1.165) is 4.47 Å². The summed E-state index contributed by atoms with van der Waals surface area (Å²) in [6.45, 7) is -0.141. The van der Waals surface area contributed by atoms with E-state index in [1.807, 2.05) is 0 Å². The average molecular weight is 377 g/mol. The molecule has 23 heavy (non-hydrogen) atoms. The average Bonchev–Trinajstić information content (AvgIpc) is 2.54. The Bertz CT molecular complexity index is 938. The number of carbonyl (C=O) groups is 1. The van der Waals surface area contributed by atoms with Gasteiger partial charge in [0, 0.05) is 16.7 Å². The molecule has 0 saturated heterocycles. The molecule has 0 aliphatic heterocycles. The number of fused-ring (bicyclic) bond motifs is 1. The molecule has 2 aromatic heterocycles. The number of pyridine rings is 1. The molecule has 3 aromatic rings. The number of benzene rings is 1. The van der Waals surface area contributed by atoms with Gasteiger partial charge in [0.25, 0.3) is 5.56 Å². The van der Waals surface area contributed by atoms with Crippen LogP contribution in [0.25, 0.3) is 5.65 Å². The van der Waals surface area contributed by atoms with Gasteiger partial charge >= 0.3 is 5.97 Å². The first-order valence-corrected chi connectivity index (χ1v) is 7.43. The second kappa shape index (κ2) is 6.29. The number of aromatic nitrogens is 2. The van der Waals surface area contributed by atoms with E-state index in [0.29, 0.717) is 11.3 Å². The molecule has 0 unspecified atom stereocenters. The second-order valence-electron chi connectivity index (χ2n) is 4.74. The lowest BCUT2D eigenvalue weighted by molar-refractivity contribution is 0.0467. The minimum absolute atomic E-state index is 0.141. The molecular weight excluding hydrogens is 367 g/mol. The van der Waals surface area contributed by atoms with E-state index in [4.69, 9.17) is 4.74 Å². The van der Waals surface area contributed by atoms with Crippen LogP contribution in [0.2, 0.25) is 0 Å². The second-order valence-corrected chi connectivity index (χ2v) is 5.66. The van der Waals surface area contributed by atoms with Crippen molar-refractivity contribution in [2.45, 2.75) is 6.61 Å². The van der Waals surface area contributed by atoms with Crippen molar-refractivity contribution in [3.05, 3.63) is 80.6 Å². The zero-order chi connectivity index (χ0) is 16.4. The Morgan fingerprint density at radius 3 is 2.70 bits per heavy atom. The number of nitrogens with zero attached hydrogens (tertiary/aromatic N) is 2. The van der Waals surface area contributed by atoms with Crippen molar-refractivity contribution in [2.75, 3.05) is 0 Å². The third-order valence-corrected chi connectivity index (χ3v) is 3.58. The maximum absolute atomic E-state index is 12.8. The highest BCUT2D eigenvalue weighted by Gasteiger charge is 2.09. The fourth-order valence-electron chi connectivity index (χ4n) is 2.01. The normalized spacial score (nSPS) is 10.7. The minimum atomic E-state index is -0.609. The lowest BCUT2D eigenvalue weighted by atomic mass is 10.2. The van der Waals surface area contributed by atoms with E-state index in [-0.39, 0.29) is 17.7 Å². The smallest absolute Gasteiger partial charge is 0.338 e. The first-order chi connectivity index (χ1) is 11.0. The lowest BCUT2D eigenvalue weighted by Gasteiger charge is -2.06. The molecule has 0 aliphatic rings. The van der Waals surface area contributed by atoms with Crippen molar-refractivity contribution in [3.8, 4) is 0 Å². The Kier molecular flexibility index (Phi) is 4.20. The highest BCUT2D eigenvalue weighted by atomic mass is 79.9. The van der Waals surface area contributed by atoms with Crippen molar-refractivity contribution in [3.63, 3.8) is 0 Å². The molecule has 3 rings (SSSR count). The van der Waals surface area contributed by atoms with E-state index in [2.05, 4.69) is 20.9 Å². The molecule has 0 spiro atoms. The standard InChI is InChI=1S/C16H10BrFN2O3/c17-11-3-6-14-19-13(7-15(21)20(14)8-11)9-23-16(22)10-1-4-12(18)5-2-10/h1-8H,9H2. The van der Waals surface area contributed by atoms with Crippen LogP contribution in [-0.2, 0) is 11.3 Å². The molecule has 1 aromatic carbocycles. The minimum Gasteiger partial charge on any atom is -0.456 e. The summed E-state index contributed by atoms with van der Waals surface area (Å²) in [5.41, 5.74) is 0.748. The fourth-order valence-corrected chi connectivity index (χ4v) is 2.35. The molecule has 5 nitrogen and oxygen atoms in total. The van der Waals surface area contributed by atoms with Gasteiger partial charge in [0.05, 0.1) is 11.3 Å². The highest BCUT2D eigenvalue weighted by molar-refractivity contribution is 9.10. The number of hydrogen-bond donors (Lipinski definition) is 0. The summed E-state index contributed by atoms with van der Waals surface area (Å²) in [4.78, 5) is 28.1. The first kappa shape index (κ1) is 15.4. The fraction of sp³-hybridized carbons (Fsp3) is 0.0625. The quantitative estimate of drug-likeness (QED) is 0.659. The highest BCUT2D eigenvalue weighted by Crippen LogP contribution is 2.10. The number of hydrogen-bond acceptors (Lipinski definition) is 4. The number of ether oxygens (including phenoxy) is 1. The zero-order valence-corrected chi connectivity index (χ0v) is 13.3. The van der Waals surface area contributed by atoms with Gasteiger partial charge in [0.2, 0.25) is 0 Å². The summed E-state index contributed by atoms with van der Waals surface area (Å²) in [5, 5.41) is 0. The number of carbonyl (C=O) groups excluding carboxylic acids is 1. The van der Waals surface area contributed by atoms with Crippen molar-refractivity contribution in [2.24, 2.45) is 0 Å². The first-order valence-electron chi connectivity index (χ1n) is 6.63. The van der Waals surface area contributed by atoms with Crippen LogP contribution in [0.5, 0.6) is 0 Å². The van der Waals surface area contributed by atoms with E-state index in [9.17, 15) is 14.0 Å². The molecule has 0 atom stereocenters. The summed E-state index contributed by atoms with van der Waals surface area (Å²) >= 11 is 3.28. The third kappa shape index (κ3) is 3.45. The van der Waals surface area contributed by atoms with Gasteiger partial charge in [-0.25, -0.2) is 14.2 Å². The Morgan fingerprint density at radius 1 is 1.22 bits per heavy atom. The van der Waals surface area contributed by atoms with Gasteiger partial charge < -0.3 is 4.74 Å². The van der Waals surface area contributed by atoms with Crippen LogP contribution in [0.15, 0.2) is 57.9 Å². The van der Waals surface area contributed by atoms with Gasteiger partial charge in [-0.1, -0.05) is 0 Å². The monoisotopic (exact) mass is 376 g/mol. The molecule has 7 heteroatoms. The van der Waals surface area contributed by atoms with Crippen molar-refractivity contribution in [1.29, 1.82) is 0 Å². The van der Waals surface area contributed by atoms with Crippen LogP contribution >= 0.6 is 15.9 Å². The van der Waals surface area contributed by atoms with E-state index in [1.165, 1.54) is 34.7 Å². The summed E-state index contributed by atoms with van der Waals surface area (Å²) < 4.78 is 20.1. The SMILES string of the molecule is O=C(OCc1cc(=O)n2cc(Br)ccc2n1)c1ccc(F)cc1. The zero-order valence-electron chi connectivity index (χ0n) is 11.7. The summed E-state index contributed by atoms with van der Waals surface area (Å²) in [5.74, 6) is -1.04. The predicted octanol–water partition coefficient (Wildman–Crippen LogP) is 2.95. The van der Waals surface area contributed by atoms with Gasteiger partial charge in [-0.2, -0.15) is 0 Å². The van der Waals surface area contributed by atoms with Crippen LogP contribution in [0.3, 0.4) is 0 Å². The van der Waals surface area contributed by atoms with Gasteiger partial charge in [-0.3, -0.25) is 9.20 Å². The summed E-state index contributed by atoms with van der Waals surface area (Å²) in [6, 6.07) is 9.75. The Labute approximate surface area is 138 Å². The van der Waals surface area contributed by atoms with Gasteiger partial charge in [0.1, 0.15) is 18.1 Å². The maximum atomic E-state index is 12.8. The molecule has 0 amide bonds. The van der Waals surface area contributed by atoms with Crippen LogP contribution in [0, 0.1) is 5.82 Å². The van der Waals surface area contributed by atoms with Crippen LogP contribution < -0.4 is 5.56 Å². The molecular formula is C16H10BrFN2O3. The van der Waals surface area contributed by atoms with Crippen molar-refractivity contribution in [1.82, 2.24) is 9.38 Å². The molecule has 0 N–H and O–H groups in total. The Morgan fingerprint density at radius 2 is 1.96 bits per heavy atom. The van der Waals surface area contributed by atoms with Crippen LogP contribution in [-0.4, -0.2) is 15.4 Å². The molecule has 0 fully saturated rings. The third-order valence-electron chi connectivity index (χ3n) is 3.11. The van der Waals surface area contributed by atoms with Gasteiger partial charge in [-0.05, 0) is 52.3 Å². The van der Waals surface area contributed by atoms with Gasteiger partial charge in [0.15, 0.2) is 0 Å². The summed E-state index contributed by atoms with van der Waals surface area (Å²) in [6.07, 6.45) is 1.61. The van der Waals surface area contributed by atoms with E-state index >= 15 is 0 Å². The molecule has 0 saturated carbocycles. The molecule has 116 valence electrons. The maximum Gasteiger partial charge on any atom is 0.338 e. The predicted molar refractivity (Wildman–Crippen MR) is 84.7 cm³/mol. The van der Waals surface area contributed by atoms with Crippen molar-refractivity contribution < 1.29 is 13.9 Å². The van der Waals surface area contributed by atoms with E-state index < -0.39 is 11.8 Å². The van der Waals surface area contributed by atoms with E-state index in [1.54, 1.807) is 18.3 Å². The largest absolute Gasteiger partial charge is 0.456 e. The number of halogens is 2. The molecule has 2 heterocycles. The summed E-state index contributed by atoms with van der Waals surface area (Å²) in [7, 11) is 0. The number of esters is 1.